The van der Waals surface area contributed by atoms with Gasteiger partial charge in [0.25, 0.3) is 5.92 Å². The summed E-state index contributed by atoms with van der Waals surface area (Å²) in [5, 5.41) is 4.23. The summed E-state index contributed by atoms with van der Waals surface area (Å²) < 4.78 is 52.5. The Morgan fingerprint density at radius 2 is 1.55 bits per heavy atom. The van der Waals surface area contributed by atoms with E-state index in [1.54, 1.807) is 12.1 Å². The molecule has 0 bridgehead atoms. The first-order valence-corrected chi connectivity index (χ1v) is 15.1. The Kier molecular flexibility index (Phi) is 6.01. The molecular formula is C28H33F2N5O2S. The third kappa shape index (κ3) is 5.02. The van der Waals surface area contributed by atoms with Crippen LogP contribution in [0.1, 0.15) is 44.1 Å². The number of benzene rings is 2. The minimum absolute atomic E-state index is 0.149. The molecule has 1 N–H and O–H groups in total. The summed E-state index contributed by atoms with van der Waals surface area (Å²) >= 11 is 0. The second-order valence-electron chi connectivity index (χ2n) is 11.3. The summed E-state index contributed by atoms with van der Waals surface area (Å²) in [5.41, 5.74) is 4.57. The maximum absolute atomic E-state index is 13.7. The molecule has 10 heteroatoms. The van der Waals surface area contributed by atoms with Crippen LogP contribution in [-0.4, -0.2) is 56.7 Å². The van der Waals surface area contributed by atoms with Crippen molar-refractivity contribution in [1.82, 2.24) is 9.97 Å². The summed E-state index contributed by atoms with van der Waals surface area (Å²) in [4.78, 5) is 13.5. The van der Waals surface area contributed by atoms with Crippen molar-refractivity contribution >= 4 is 43.6 Å². The van der Waals surface area contributed by atoms with Crippen molar-refractivity contribution in [3.05, 3.63) is 42.2 Å². The lowest BCUT2D eigenvalue weighted by Crippen LogP contribution is -2.39. The molecular weight excluding hydrogens is 508 g/mol. The smallest absolute Gasteiger partial charge is 0.251 e. The molecule has 38 heavy (non-hydrogen) atoms. The van der Waals surface area contributed by atoms with Gasteiger partial charge in [-0.2, -0.15) is 0 Å². The molecule has 1 aliphatic carbocycles. The number of hydrogen-bond acceptors (Lipinski definition) is 7. The largest absolute Gasteiger partial charge is 0.371 e. The fraction of sp³-hybridized carbons (Fsp3) is 0.500. The zero-order valence-electron chi connectivity index (χ0n) is 21.8. The van der Waals surface area contributed by atoms with E-state index in [0.717, 1.165) is 53.9 Å². The van der Waals surface area contributed by atoms with Crippen molar-refractivity contribution in [3.8, 4) is 0 Å². The predicted molar refractivity (Wildman–Crippen MR) is 147 cm³/mol. The molecule has 1 saturated carbocycles. The molecule has 3 aromatic rings. The van der Waals surface area contributed by atoms with E-state index >= 15 is 0 Å². The van der Waals surface area contributed by atoms with E-state index in [9.17, 15) is 17.2 Å². The van der Waals surface area contributed by atoms with Crippen LogP contribution < -0.4 is 15.1 Å². The van der Waals surface area contributed by atoms with E-state index in [1.165, 1.54) is 25.4 Å². The van der Waals surface area contributed by atoms with Crippen molar-refractivity contribution < 1.29 is 17.2 Å². The van der Waals surface area contributed by atoms with Gasteiger partial charge >= 0.3 is 0 Å². The second kappa shape index (κ2) is 9.03. The molecule has 7 nitrogen and oxygen atoms in total. The van der Waals surface area contributed by atoms with E-state index in [2.05, 4.69) is 20.2 Å². The van der Waals surface area contributed by atoms with E-state index in [4.69, 9.17) is 0 Å². The lowest BCUT2D eigenvalue weighted by atomic mass is 9.93. The van der Waals surface area contributed by atoms with Crippen molar-refractivity contribution in [3.63, 3.8) is 0 Å². The van der Waals surface area contributed by atoms with Gasteiger partial charge in [-0.15, -0.1) is 0 Å². The molecule has 2 saturated heterocycles. The summed E-state index contributed by atoms with van der Waals surface area (Å²) in [5.74, 6) is -2.01. The molecule has 0 amide bonds. The number of aryl methyl sites for hydroxylation is 1. The zero-order valence-corrected chi connectivity index (χ0v) is 22.6. The number of anilines is 4. The van der Waals surface area contributed by atoms with Crippen LogP contribution in [0.15, 0.2) is 41.6 Å². The van der Waals surface area contributed by atoms with Crippen LogP contribution in [-0.2, 0) is 9.84 Å². The molecule has 0 unspecified atom stereocenters. The van der Waals surface area contributed by atoms with Gasteiger partial charge in [-0.1, -0.05) is 0 Å². The number of fused-ring (bicyclic) bond motifs is 1. The van der Waals surface area contributed by atoms with Gasteiger partial charge < -0.3 is 15.1 Å². The Morgan fingerprint density at radius 1 is 0.868 bits per heavy atom. The molecule has 2 aliphatic heterocycles. The number of piperidine rings is 2. The number of sulfone groups is 1. The number of aromatic nitrogens is 2. The van der Waals surface area contributed by atoms with Crippen LogP contribution in [0.25, 0.3) is 10.9 Å². The summed E-state index contributed by atoms with van der Waals surface area (Å²) in [6, 6.07) is 9.35. The van der Waals surface area contributed by atoms with Crippen molar-refractivity contribution in [2.45, 2.75) is 56.3 Å². The summed E-state index contributed by atoms with van der Waals surface area (Å²) in [7, 11) is -3.44. The normalized spacial score (nSPS) is 20.6. The summed E-state index contributed by atoms with van der Waals surface area (Å²) in [6.45, 7) is 4.33. The molecule has 3 heterocycles. The van der Waals surface area contributed by atoms with Crippen LogP contribution in [0.4, 0.5) is 31.7 Å². The molecule has 2 aromatic carbocycles. The number of rotatable bonds is 5. The first-order valence-electron chi connectivity index (χ1n) is 13.3. The fourth-order valence-corrected chi connectivity index (χ4v) is 6.50. The number of nitrogens with zero attached hydrogens (tertiary/aromatic N) is 4. The quantitative estimate of drug-likeness (QED) is 0.444. The Labute approximate surface area is 222 Å². The summed E-state index contributed by atoms with van der Waals surface area (Å²) in [6.07, 6.45) is 7.13. The molecule has 3 fully saturated rings. The van der Waals surface area contributed by atoms with Crippen molar-refractivity contribution in [1.29, 1.82) is 0 Å². The highest BCUT2D eigenvalue weighted by Crippen LogP contribution is 2.54. The second-order valence-corrected chi connectivity index (χ2v) is 13.4. The zero-order chi connectivity index (χ0) is 26.7. The highest BCUT2D eigenvalue weighted by Gasteiger charge is 2.44. The van der Waals surface area contributed by atoms with Crippen LogP contribution in [0.3, 0.4) is 0 Å². The average molecular weight is 542 g/mol. The number of nitrogens with one attached hydrogen (secondary N) is 1. The van der Waals surface area contributed by atoms with Crippen LogP contribution in [0, 0.1) is 12.3 Å². The average Bonchev–Trinajstić information content (AvgIpc) is 3.61. The number of halogens is 2. The van der Waals surface area contributed by atoms with E-state index in [1.807, 2.05) is 30.0 Å². The minimum Gasteiger partial charge on any atom is -0.371 e. The first kappa shape index (κ1) is 25.3. The fourth-order valence-electron chi connectivity index (χ4n) is 5.85. The van der Waals surface area contributed by atoms with Crippen LogP contribution >= 0.6 is 0 Å². The lowest BCUT2D eigenvalue weighted by molar-refractivity contribution is -0.0220. The third-order valence-electron chi connectivity index (χ3n) is 8.43. The Bertz CT molecular complexity index is 1490. The van der Waals surface area contributed by atoms with E-state index in [-0.39, 0.29) is 17.7 Å². The molecule has 6 rings (SSSR count). The van der Waals surface area contributed by atoms with Crippen LogP contribution in [0.5, 0.6) is 0 Å². The maximum Gasteiger partial charge on any atom is 0.251 e. The topological polar surface area (TPSA) is 78.4 Å². The molecule has 202 valence electrons. The molecule has 1 spiro atoms. The van der Waals surface area contributed by atoms with Gasteiger partial charge in [0, 0.05) is 56.7 Å². The highest BCUT2D eigenvalue weighted by molar-refractivity contribution is 7.90. The number of alkyl halides is 2. The van der Waals surface area contributed by atoms with E-state index < -0.39 is 15.8 Å². The molecule has 0 radical (unpaired) electrons. The van der Waals surface area contributed by atoms with Gasteiger partial charge in [0.15, 0.2) is 9.84 Å². The van der Waals surface area contributed by atoms with Gasteiger partial charge in [0.2, 0.25) is 0 Å². The van der Waals surface area contributed by atoms with Gasteiger partial charge in [-0.25, -0.2) is 27.2 Å². The Balaban J connectivity index is 1.38. The maximum atomic E-state index is 13.7. The molecule has 1 aromatic heterocycles. The van der Waals surface area contributed by atoms with Crippen LogP contribution in [0.2, 0.25) is 0 Å². The lowest BCUT2D eigenvalue weighted by Gasteiger charge is -2.35. The number of hydrogen-bond donors (Lipinski definition) is 1. The van der Waals surface area contributed by atoms with E-state index in [0.29, 0.717) is 29.8 Å². The van der Waals surface area contributed by atoms with Gasteiger partial charge in [-0.3, -0.25) is 0 Å². The van der Waals surface area contributed by atoms with Gasteiger partial charge in [-0.05, 0) is 73.9 Å². The Hall–Kier alpha value is -3.01. The Morgan fingerprint density at radius 3 is 2.21 bits per heavy atom. The van der Waals surface area contributed by atoms with Crippen molar-refractivity contribution in [2.24, 2.45) is 5.41 Å². The standard InChI is InChI=1S/C28H33F2N5O2S/c1-19-13-20(15-21(14-19)34-11-7-28(29,30)8-12-34)33-26-25-23(31-18-32-26)16-22(38(2,36)37)17-24(25)35-9-5-27(3-4-27)6-10-35/h13-18H,3-12H2,1-2H3,(H,31,32,33). The van der Waals surface area contributed by atoms with Crippen molar-refractivity contribution in [2.75, 3.05) is 47.6 Å². The first-order chi connectivity index (χ1) is 18.0. The SMILES string of the molecule is Cc1cc(Nc2ncnc3cc(S(C)(=O)=O)cc(N4CCC5(CC4)CC5)c23)cc(N2CCC(F)(F)CC2)c1. The van der Waals surface area contributed by atoms with Gasteiger partial charge in [0.1, 0.15) is 12.1 Å². The minimum atomic E-state index is -3.44. The third-order valence-corrected chi connectivity index (χ3v) is 9.52. The monoisotopic (exact) mass is 541 g/mol. The molecule has 0 atom stereocenters. The predicted octanol–water partition coefficient (Wildman–Crippen LogP) is 5.70. The highest BCUT2D eigenvalue weighted by atomic mass is 32.2. The van der Waals surface area contributed by atoms with Gasteiger partial charge in [0.05, 0.1) is 21.5 Å². The molecule has 3 aliphatic rings.